The molecule has 0 spiro atoms. The quantitative estimate of drug-likeness (QED) is 0.439. The van der Waals surface area contributed by atoms with E-state index in [4.69, 9.17) is 24.7 Å². The number of ether oxygens (including phenoxy) is 4. The predicted molar refractivity (Wildman–Crippen MR) is 152 cm³/mol. The normalized spacial score (nSPS) is 19.9. The number of carbonyl (C=O) groups is 1. The van der Waals surface area contributed by atoms with Crippen LogP contribution in [0.15, 0.2) is 41.5 Å². The first-order valence-corrected chi connectivity index (χ1v) is 13.2. The number of nitrogens with two attached hydrogens (primary N) is 1. The third-order valence-electron chi connectivity index (χ3n) is 7.01. The average Bonchev–Trinajstić information content (AvgIpc) is 3.18. The molecule has 2 aromatic carbocycles. The van der Waals surface area contributed by atoms with Crippen LogP contribution in [0.4, 0.5) is 21.8 Å². The van der Waals surface area contributed by atoms with Crippen molar-refractivity contribution >= 4 is 29.1 Å². The van der Waals surface area contributed by atoms with Crippen LogP contribution in [0.3, 0.4) is 0 Å². The van der Waals surface area contributed by atoms with Crippen LogP contribution in [0.25, 0.3) is 0 Å². The zero-order valence-corrected chi connectivity index (χ0v) is 23.7. The lowest BCUT2D eigenvalue weighted by Crippen LogP contribution is -2.50. The van der Waals surface area contributed by atoms with Gasteiger partial charge in [-0.1, -0.05) is 0 Å². The number of nitrogens with zero attached hydrogens (tertiary/aromatic N) is 5. The van der Waals surface area contributed by atoms with Crippen LogP contribution in [0.2, 0.25) is 0 Å². The van der Waals surface area contributed by atoms with E-state index in [-0.39, 0.29) is 35.6 Å². The number of aromatic nitrogens is 2. The van der Waals surface area contributed by atoms with Gasteiger partial charge >= 0.3 is 0 Å². The maximum Gasteiger partial charge on any atom is 0.278 e. The Labute approximate surface area is 237 Å². The highest BCUT2D eigenvalue weighted by Crippen LogP contribution is 2.39. The summed E-state index contributed by atoms with van der Waals surface area (Å²) < 4.78 is 36.4. The van der Waals surface area contributed by atoms with E-state index in [0.717, 1.165) is 5.56 Å². The molecule has 0 saturated carbocycles. The van der Waals surface area contributed by atoms with Crippen molar-refractivity contribution in [3.63, 3.8) is 0 Å². The largest absolute Gasteiger partial charge is 0.493 e. The molecule has 0 bridgehead atoms. The summed E-state index contributed by atoms with van der Waals surface area (Å²) in [6.07, 6.45) is 2.02. The van der Waals surface area contributed by atoms with Gasteiger partial charge in [0.2, 0.25) is 5.75 Å². The summed E-state index contributed by atoms with van der Waals surface area (Å²) in [6.45, 7) is 5.66. The second-order valence-electron chi connectivity index (χ2n) is 10.1. The van der Waals surface area contributed by atoms with Crippen LogP contribution in [0.5, 0.6) is 17.2 Å². The van der Waals surface area contributed by atoms with E-state index >= 15 is 0 Å². The number of aliphatic imine (C=N–C) groups is 1. The Morgan fingerprint density at radius 2 is 1.76 bits per heavy atom. The van der Waals surface area contributed by atoms with Crippen molar-refractivity contribution in [3.8, 4) is 17.2 Å². The molecule has 2 unspecified atom stereocenters. The van der Waals surface area contributed by atoms with Gasteiger partial charge in [0.25, 0.3) is 11.9 Å². The number of hydrogen-bond donors (Lipinski definition) is 1. The Morgan fingerprint density at radius 1 is 1.07 bits per heavy atom. The van der Waals surface area contributed by atoms with E-state index in [1.54, 1.807) is 31.4 Å². The second-order valence-corrected chi connectivity index (χ2v) is 10.1. The number of morpholine rings is 1. The van der Waals surface area contributed by atoms with Crippen molar-refractivity contribution in [1.82, 2.24) is 14.9 Å². The molecule has 1 aromatic heterocycles. The summed E-state index contributed by atoms with van der Waals surface area (Å²) in [5.41, 5.74) is 8.79. The van der Waals surface area contributed by atoms with Gasteiger partial charge in [-0.05, 0) is 49.7 Å². The molecule has 0 aliphatic carbocycles. The Hall–Kier alpha value is -4.29. The molecule has 41 heavy (non-hydrogen) atoms. The van der Waals surface area contributed by atoms with Gasteiger partial charge in [0, 0.05) is 36.8 Å². The molecule has 0 radical (unpaired) electrons. The van der Waals surface area contributed by atoms with E-state index in [9.17, 15) is 9.18 Å². The minimum absolute atomic E-state index is 0.00479. The van der Waals surface area contributed by atoms with Crippen LogP contribution < -0.4 is 24.8 Å². The molecule has 3 heterocycles. The number of anilines is 2. The summed E-state index contributed by atoms with van der Waals surface area (Å²) in [5.74, 6) is 0.887. The zero-order chi connectivity index (χ0) is 29.3. The minimum atomic E-state index is -0.471. The van der Waals surface area contributed by atoms with E-state index < -0.39 is 5.82 Å². The zero-order valence-electron chi connectivity index (χ0n) is 23.7. The summed E-state index contributed by atoms with van der Waals surface area (Å²) >= 11 is 0. The molecule has 2 N–H and O–H groups in total. The lowest BCUT2D eigenvalue weighted by molar-refractivity contribution is -0.113. The van der Waals surface area contributed by atoms with Crippen LogP contribution in [0.1, 0.15) is 30.5 Å². The monoisotopic (exact) mass is 564 g/mol. The number of benzene rings is 2. The molecule has 2 aliphatic heterocycles. The fraction of sp³-hybridized carbons (Fsp3) is 0.379. The van der Waals surface area contributed by atoms with Crippen LogP contribution in [-0.4, -0.2) is 79.8 Å². The van der Waals surface area contributed by atoms with E-state index in [1.165, 1.54) is 19.2 Å². The minimum Gasteiger partial charge on any atom is -0.493 e. The number of nitrogen functional groups attached to an aromatic ring is 1. The van der Waals surface area contributed by atoms with Crippen LogP contribution in [0, 0.1) is 5.82 Å². The number of carbonyl (C=O) groups excluding carboxylic acids is 1. The molecule has 3 aromatic rings. The predicted octanol–water partition coefficient (Wildman–Crippen LogP) is 3.35. The van der Waals surface area contributed by atoms with Gasteiger partial charge in [-0.2, -0.15) is 4.98 Å². The van der Waals surface area contributed by atoms with Crippen molar-refractivity contribution in [1.29, 1.82) is 0 Å². The van der Waals surface area contributed by atoms with Crippen LogP contribution >= 0.6 is 0 Å². The summed E-state index contributed by atoms with van der Waals surface area (Å²) in [6, 6.07) is 7.87. The van der Waals surface area contributed by atoms with E-state index in [1.807, 2.05) is 26.0 Å². The van der Waals surface area contributed by atoms with Gasteiger partial charge in [0.1, 0.15) is 17.3 Å². The molecule has 216 valence electrons. The SMILES string of the molecule is COc1cc(Cc2cnc(/N=C3\C(=O)N(CN4CC(C)OC(C)C4)c4ccc(F)cc43)nc2N)cc(OC)c1OC. The average molecular weight is 565 g/mol. The smallest absolute Gasteiger partial charge is 0.278 e. The fourth-order valence-electron chi connectivity index (χ4n) is 5.29. The third-order valence-corrected chi connectivity index (χ3v) is 7.01. The van der Waals surface area contributed by atoms with Gasteiger partial charge in [0.15, 0.2) is 11.5 Å². The molecule has 1 saturated heterocycles. The van der Waals surface area contributed by atoms with Crippen molar-refractivity contribution < 1.29 is 28.1 Å². The highest BCUT2D eigenvalue weighted by atomic mass is 19.1. The van der Waals surface area contributed by atoms with Crippen molar-refractivity contribution in [3.05, 3.63) is 59.0 Å². The number of rotatable bonds is 8. The topological polar surface area (TPSA) is 125 Å². The molecule has 5 rings (SSSR count). The van der Waals surface area contributed by atoms with Gasteiger partial charge in [-0.3, -0.25) is 14.6 Å². The lowest BCUT2D eigenvalue weighted by atomic mass is 10.1. The highest BCUT2D eigenvalue weighted by Gasteiger charge is 2.37. The molecule has 12 heteroatoms. The Bertz CT molecular complexity index is 1460. The molecule has 2 atom stereocenters. The number of amides is 1. The number of halogens is 1. The standard InChI is InChI=1S/C29H33FN6O5/c1-16-13-35(14-17(2)41-16)15-36-22-7-6-20(30)11-21(22)25(28(36)37)33-29-32-12-19(27(31)34-29)8-18-9-23(38-3)26(40-5)24(10-18)39-4/h6-7,9-12,16-17H,8,13-15H2,1-5H3,(H2,31,32,34)/b33-25-. The first-order valence-electron chi connectivity index (χ1n) is 13.2. The summed E-state index contributed by atoms with van der Waals surface area (Å²) in [5, 5.41) is 0. The Kier molecular flexibility index (Phi) is 8.04. The maximum atomic E-state index is 14.3. The first-order chi connectivity index (χ1) is 19.7. The van der Waals surface area contributed by atoms with Crippen molar-refractivity contribution in [2.24, 2.45) is 4.99 Å². The Balaban J connectivity index is 1.42. The second kappa shape index (κ2) is 11.7. The van der Waals surface area contributed by atoms with Crippen molar-refractivity contribution in [2.45, 2.75) is 32.5 Å². The Morgan fingerprint density at radius 3 is 2.37 bits per heavy atom. The molecular weight excluding hydrogens is 531 g/mol. The van der Waals surface area contributed by atoms with Gasteiger partial charge in [0.05, 0.1) is 45.9 Å². The van der Waals surface area contributed by atoms with Gasteiger partial charge in [-0.25, -0.2) is 14.4 Å². The molecule has 11 nitrogen and oxygen atoms in total. The van der Waals surface area contributed by atoms with Gasteiger partial charge in [-0.15, -0.1) is 0 Å². The number of hydrogen-bond acceptors (Lipinski definition) is 10. The molecular formula is C29H33FN6O5. The number of methoxy groups -OCH3 is 3. The molecule has 2 aliphatic rings. The highest BCUT2D eigenvalue weighted by molar-refractivity contribution is 6.54. The molecule has 1 amide bonds. The molecule has 1 fully saturated rings. The van der Waals surface area contributed by atoms with Gasteiger partial charge < -0.3 is 24.7 Å². The summed E-state index contributed by atoms with van der Waals surface area (Å²) in [4.78, 5) is 30.4. The van der Waals surface area contributed by atoms with Crippen molar-refractivity contribution in [2.75, 3.05) is 51.7 Å². The van der Waals surface area contributed by atoms with Crippen LogP contribution in [-0.2, 0) is 16.0 Å². The lowest BCUT2D eigenvalue weighted by Gasteiger charge is -2.37. The third kappa shape index (κ3) is 5.79. The number of fused-ring (bicyclic) bond motifs is 1. The van der Waals surface area contributed by atoms with E-state index in [0.29, 0.717) is 60.2 Å². The first kappa shape index (κ1) is 28.2. The van der Waals surface area contributed by atoms with E-state index in [2.05, 4.69) is 19.9 Å². The maximum absolute atomic E-state index is 14.3. The fourth-order valence-corrected chi connectivity index (χ4v) is 5.29. The summed E-state index contributed by atoms with van der Waals surface area (Å²) in [7, 11) is 4.63.